The van der Waals surface area contributed by atoms with Gasteiger partial charge in [-0.25, -0.2) is 9.69 Å². The summed E-state index contributed by atoms with van der Waals surface area (Å²) >= 11 is 2.15. The maximum absolute atomic E-state index is 13.4. The number of hydrogen-bond acceptors (Lipinski definition) is 6. The first-order chi connectivity index (χ1) is 19.7. The zero-order valence-corrected chi connectivity index (χ0v) is 25.7. The van der Waals surface area contributed by atoms with Gasteiger partial charge in [-0.1, -0.05) is 42.7 Å². The molecule has 1 saturated heterocycles. The van der Waals surface area contributed by atoms with E-state index in [1.807, 2.05) is 20.8 Å². The molecule has 41 heavy (non-hydrogen) atoms. The Morgan fingerprint density at radius 2 is 1.61 bits per heavy atom. The molecule has 8 nitrogen and oxygen atoms in total. The highest BCUT2D eigenvalue weighted by Gasteiger charge is 2.37. The third-order valence-electron chi connectivity index (χ3n) is 6.27. The number of amides is 4. The second kappa shape index (κ2) is 13.7. The number of nitrogens with zero attached hydrogens (tertiary/aromatic N) is 1. The maximum atomic E-state index is 13.4. The summed E-state index contributed by atoms with van der Waals surface area (Å²) in [6.45, 7) is 9.38. The van der Waals surface area contributed by atoms with Crippen LogP contribution < -0.4 is 24.4 Å². The average molecular weight is 669 g/mol. The van der Waals surface area contributed by atoms with Crippen LogP contribution in [0.15, 0.2) is 60.2 Å². The maximum Gasteiger partial charge on any atom is 0.335 e. The topological polar surface area (TPSA) is 94.2 Å². The molecule has 1 aliphatic rings. The van der Waals surface area contributed by atoms with E-state index in [4.69, 9.17) is 14.2 Å². The molecule has 3 aromatic carbocycles. The van der Waals surface area contributed by atoms with Crippen LogP contribution in [0.5, 0.6) is 17.2 Å². The van der Waals surface area contributed by atoms with E-state index < -0.39 is 17.8 Å². The Morgan fingerprint density at radius 1 is 0.902 bits per heavy atom. The molecule has 0 aliphatic carbocycles. The lowest BCUT2D eigenvalue weighted by Gasteiger charge is -2.26. The Labute approximate surface area is 253 Å². The summed E-state index contributed by atoms with van der Waals surface area (Å²) in [6.07, 6.45) is 3.39. The van der Waals surface area contributed by atoms with Crippen LogP contribution in [0.2, 0.25) is 0 Å². The molecule has 1 heterocycles. The number of imide groups is 2. The highest BCUT2D eigenvalue weighted by molar-refractivity contribution is 14.1. The second-order valence-corrected chi connectivity index (χ2v) is 10.9. The van der Waals surface area contributed by atoms with Crippen LogP contribution in [0.3, 0.4) is 0 Å². The van der Waals surface area contributed by atoms with E-state index in [0.29, 0.717) is 48.3 Å². The number of benzene rings is 3. The zero-order valence-electron chi connectivity index (χ0n) is 23.6. The Kier molecular flexibility index (Phi) is 10.0. The fraction of sp³-hybridized carbons (Fsp3) is 0.281. The summed E-state index contributed by atoms with van der Waals surface area (Å²) in [5.74, 6) is 0.217. The second-order valence-electron chi connectivity index (χ2n) is 9.70. The lowest BCUT2D eigenvalue weighted by molar-refractivity contribution is -0.122. The van der Waals surface area contributed by atoms with Gasteiger partial charge < -0.3 is 14.2 Å². The summed E-state index contributed by atoms with van der Waals surface area (Å²) in [6, 6.07) is 15.6. The van der Waals surface area contributed by atoms with Gasteiger partial charge in [0.25, 0.3) is 11.8 Å². The minimum absolute atomic E-state index is 0.171. The summed E-state index contributed by atoms with van der Waals surface area (Å²) in [4.78, 5) is 39.8. The Hall–Kier alpha value is -3.86. The number of halogens is 1. The molecule has 1 fully saturated rings. The van der Waals surface area contributed by atoms with Crippen LogP contribution in [0.25, 0.3) is 6.08 Å². The Bertz CT molecular complexity index is 1460. The number of carbonyl (C=O) groups is 3. The van der Waals surface area contributed by atoms with E-state index in [1.54, 1.807) is 36.4 Å². The number of hydrogen-bond donors (Lipinski definition) is 1. The normalized spacial score (nSPS) is 14.3. The van der Waals surface area contributed by atoms with E-state index in [2.05, 4.69) is 53.0 Å². The zero-order chi connectivity index (χ0) is 29.5. The first-order valence-electron chi connectivity index (χ1n) is 13.5. The number of urea groups is 1. The quantitative estimate of drug-likeness (QED) is 0.105. The van der Waals surface area contributed by atoms with E-state index in [-0.39, 0.29) is 5.57 Å². The standard InChI is InChI=1S/C32H33IN2O6/c1-5-7-12-40-25-10-8-24(9-11-25)35-31(37)26(30(36)34-32(35)38)16-22-17-27(33)29(28(18-22)39-6-2)41-19-23-14-20(3)13-21(4)15-23/h8-11,13-18H,5-7,12,19H2,1-4H3,(H,34,36,38)/b26-16-. The molecule has 0 atom stereocenters. The van der Waals surface area contributed by atoms with E-state index >= 15 is 0 Å². The minimum atomic E-state index is -0.809. The molecule has 0 radical (unpaired) electrons. The number of ether oxygens (including phenoxy) is 3. The Balaban J connectivity index is 1.59. The predicted molar refractivity (Wildman–Crippen MR) is 166 cm³/mol. The van der Waals surface area contributed by atoms with Crippen LogP contribution in [-0.4, -0.2) is 31.1 Å². The molecular formula is C32H33IN2O6. The molecule has 0 bridgehead atoms. The van der Waals surface area contributed by atoms with Crippen LogP contribution in [-0.2, 0) is 16.2 Å². The number of rotatable bonds is 11. The third kappa shape index (κ3) is 7.46. The molecule has 4 rings (SSSR count). The van der Waals surface area contributed by atoms with Crippen molar-refractivity contribution in [3.8, 4) is 17.2 Å². The van der Waals surface area contributed by atoms with Crippen LogP contribution in [0.1, 0.15) is 48.9 Å². The highest BCUT2D eigenvalue weighted by atomic mass is 127. The first-order valence-corrected chi connectivity index (χ1v) is 14.6. The van der Waals surface area contributed by atoms with Gasteiger partial charge in [-0.15, -0.1) is 0 Å². The SMILES string of the molecule is CCCCOc1ccc(N2C(=O)NC(=O)/C(=C/c3cc(I)c(OCc4cc(C)cc(C)c4)c(OCC)c3)C2=O)cc1. The third-order valence-corrected chi connectivity index (χ3v) is 7.07. The lowest BCUT2D eigenvalue weighted by atomic mass is 10.1. The van der Waals surface area contributed by atoms with Crippen molar-refractivity contribution in [1.82, 2.24) is 5.32 Å². The first kappa shape index (κ1) is 30.1. The Morgan fingerprint density at radius 3 is 2.27 bits per heavy atom. The number of anilines is 1. The van der Waals surface area contributed by atoms with Gasteiger partial charge in [0.15, 0.2) is 11.5 Å². The van der Waals surface area contributed by atoms with E-state index in [1.165, 1.54) is 6.08 Å². The number of nitrogens with one attached hydrogen (secondary N) is 1. The molecule has 1 N–H and O–H groups in total. The van der Waals surface area contributed by atoms with Crippen LogP contribution in [0, 0.1) is 17.4 Å². The van der Waals surface area contributed by atoms with Gasteiger partial charge in [0, 0.05) is 0 Å². The molecule has 1 aliphatic heterocycles. The molecule has 0 spiro atoms. The summed E-state index contributed by atoms with van der Waals surface area (Å²) < 4.78 is 18.5. The van der Waals surface area contributed by atoms with Gasteiger partial charge in [-0.3, -0.25) is 14.9 Å². The van der Waals surface area contributed by atoms with Crippen molar-refractivity contribution in [3.63, 3.8) is 0 Å². The molecule has 0 saturated carbocycles. The highest BCUT2D eigenvalue weighted by Crippen LogP contribution is 2.36. The minimum Gasteiger partial charge on any atom is -0.494 e. The number of aryl methyl sites for hydroxylation is 2. The fourth-order valence-corrected chi connectivity index (χ4v) is 5.25. The molecule has 9 heteroatoms. The summed E-state index contributed by atoms with van der Waals surface area (Å²) in [5, 5.41) is 2.27. The predicted octanol–water partition coefficient (Wildman–Crippen LogP) is 6.73. The molecule has 3 aromatic rings. The monoisotopic (exact) mass is 668 g/mol. The van der Waals surface area contributed by atoms with Crippen molar-refractivity contribution in [1.29, 1.82) is 0 Å². The van der Waals surface area contributed by atoms with Crippen LogP contribution in [0.4, 0.5) is 10.5 Å². The van der Waals surface area contributed by atoms with Gasteiger partial charge in [0.05, 0.1) is 22.5 Å². The molecule has 0 aromatic heterocycles. The van der Waals surface area contributed by atoms with E-state index in [9.17, 15) is 14.4 Å². The van der Waals surface area contributed by atoms with Crippen molar-refractivity contribution >= 4 is 52.2 Å². The number of barbiturate groups is 1. The van der Waals surface area contributed by atoms with Crippen molar-refractivity contribution < 1.29 is 28.6 Å². The van der Waals surface area contributed by atoms with Crippen molar-refractivity contribution in [3.05, 3.63) is 86.0 Å². The summed E-state index contributed by atoms with van der Waals surface area (Å²) in [5.41, 5.74) is 4.07. The van der Waals surface area contributed by atoms with E-state index in [0.717, 1.165) is 38.0 Å². The molecule has 214 valence electrons. The van der Waals surface area contributed by atoms with Crippen molar-refractivity contribution in [2.75, 3.05) is 18.1 Å². The van der Waals surface area contributed by atoms with Crippen LogP contribution >= 0.6 is 22.6 Å². The average Bonchev–Trinajstić information content (AvgIpc) is 2.91. The molecule has 4 amide bonds. The largest absolute Gasteiger partial charge is 0.494 e. The van der Waals surface area contributed by atoms with Gasteiger partial charge in [0.1, 0.15) is 17.9 Å². The summed E-state index contributed by atoms with van der Waals surface area (Å²) in [7, 11) is 0. The lowest BCUT2D eigenvalue weighted by Crippen LogP contribution is -2.54. The molecular weight excluding hydrogens is 635 g/mol. The van der Waals surface area contributed by atoms with Crippen molar-refractivity contribution in [2.45, 2.75) is 47.1 Å². The van der Waals surface area contributed by atoms with Crippen molar-refractivity contribution in [2.24, 2.45) is 0 Å². The molecule has 0 unspecified atom stereocenters. The van der Waals surface area contributed by atoms with Gasteiger partial charge in [-0.05, 0) is 103 Å². The number of carbonyl (C=O) groups excluding carboxylic acids is 3. The fourth-order valence-electron chi connectivity index (χ4n) is 4.47. The smallest absolute Gasteiger partial charge is 0.335 e. The van der Waals surface area contributed by atoms with Gasteiger partial charge in [-0.2, -0.15) is 0 Å². The van der Waals surface area contributed by atoms with Gasteiger partial charge in [0.2, 0.25) is 0 Å². The number of unbranched alkanes of at least 4 members (excludes halogenated alkanes) is 1. The van der Waals surface area contributed by atoms with Gasteiger partial charge >= 0.3 is 6.03 Å².